The Balaban J connectivity index is 2.37. The van der Waals surface area contributed by atoms with Gasteiger partial charge in [0.25, 0.3) is 0 Å². The molecule has 0 unspecified atom stereocenters. The molecule has 3 N–H and O–H groups in total. The van der Waals surface area contributed by atoms with E-state index in [1.54, 1.807) is 6.20 Å². The number of aromatic nitrogens is 1. The van der Waals surface area contributed by atoms with Gasteiger partial charge < -0.3 is 11.1 Å². The first-order valence-electron chi connectivity index (χ1n) is 5.11. The Morgan fingerprint density at radius 1 is 1.22 bits per heavy atom. The van der Waals surface area contributed by atoms with Gasteiger partial charge in [0, 0.05) is 8.95 Å². The topological polar surface area (TPSA) is 50.9 Å². The SMILES string of the molecule is Cc1c(N)cnc(Nc2ccc(Br)cc2Br)c1Br. The van der Waals surface area contributed by atoms with E-state index in [1.165, 1.54) is 0 Å². The van der Waals surface area contributed by atoms with Crippen LogP contribution in [0.4, 0.5) is 17.2 Å². The molecule has 0 amide bonds. The van der Waals surface area contributed by atoms with Crippen molar-refractivity contribution in [1.29, 1.82) is 0 Å². The standard InChI is InChI=1S/C12H10Br3N3/c1-6-9(16)5-17-12(11(6)15)18-10-3-2-7(13)4-8(10)14/h2-5H,16H2,1H3,(H,17,18). The summed E-state index contributed by atoms with van der Waals surface area (Å²) in [5.74, 6) is 0.740. The first kappa shape index (κ1) is 13.8. The summed E-state index contributed by atoms with van der Waals surface area (Å²) in [4.78, 5) is 4.28. The molecule has 0 aliphatic heterocycles. The molecule has 0 spiro atoms. The highest BCUT2D eigenvalue weighted by Crippen LogP contribution is 2.33. The molecule has 2 rings (SSSR count). The van der Waals surface area contributed by atoms with Crippen molar-refractivity contribution in [3.8, 4) is 0 Å². The van der Waals surface area contributed by atoms with Crippen molar-refractivity contribution in [2.24, 2.45) is 0 Å². The average molecular weight is 436 g/mol. The van der Waals surface area contributed by atoms with Gasteiger partial charge >= 0.3 is 0 Å². The number of nitrogens with two attached hydrogens (primary N) is 1. The van der Waals surface area contributed by atoms with Crippen LogP contribution in [0.15, 0.2) is 37.8 Å². The fraction of sp³-hybridized carbons (Fsp3) is 0.0833. The first-order chi connectivity index (χ1) is 8.49. The van der Waals surface area contributed by atoms with E-state index in [9.17, 15) is 0 Å². The quantitative estimate of drug-likeness (QED) is 0.697. The molecular weight excluding hydrogens is 426 g/mol. The van der Waals surface area contributed by atoms with Crippen LogP contribution in [-0.2, 0) is 0 Å². The van der Waals surface area contributed by atoms with Crippen LogP contribution < -0.4 is 11.1 Å². The fourth-order valence-corrected chi connectivity index (χ4v) is 2.97. The number of halogens is 3. The molecule has 1 aromatic carbocycles. The zero-order valence-corrected chi connectivity index (χ0v) is 14.2. The second-order valence-electron chi connectivity index (χ2n) is 3.75. The molecule has 3 nitrogen and oxygen atoms in total. The molecule has 94 valence electrons. The maximum Gasteiger partial charge on any atom is 0.145 e. The van der Waals surface area contributed by atoms with Crippen molar-refractivity contribution in [2.75, 3.05) is 11.1 Å². The number of nitrogen functional groups attached to an aromatic ring is 1. The van der Waals surface area contributed by atoms with E-state index in [0.717, 1.165) is 30.5 Å². The lowest BCUT2D eigenvalue weighted by molar-refractivity contribution is 1.25. The van der Waals surface area contributed by atoms with E-state index in [2.05, 4.69) is 58.1 Å². The fourth-order valence-electron chi connectivity index (χ4n) is 1.40. The molecule has 0 aliphatic carbocycles. The summed E-state index contributed by atoms with van der Waals surface area (Å²) in [7, 11) is 0. The minimum Gasteiger partial charge on any atom is -0.397 e. The lowest BCUT2D eigenvalue weighted by atomic mass is 10.2. The molecule has 0 radical (unpaired) electrons. The number of nitrogens with zero attached hydrogens (tertiary/aromatic N) is 1. The van der Waals surface area contributed by atoms with Crippen LogP contribution in [0.25, 0.3) is 0 Å². The molecule has 2 aromatic rings. The van der Waals surface area contributed by atoms with Crippen LogP contribution in [0, 0.1) is 6.92 Å². The number of rotatable bonds is 2. The van der Waals surface area contributed by atoms with Crippen molar-refractivity contribution in [3.63, 3.8) is 0 Å². The predicted molar refractivity (Wildman–Crippen MR) is 86.2 cm³/mol. The molecule has 0 atom stereocenters. The van der Waals surface area contributed by atoms with Crippen molar-refractivity contribution in [1.82, 2.24) is 4.98 Å². The lowest BCUT2D eigenvalue weighted by Gasteiger charge is -2.12. The number of pyridine rings is 1. The van der Waals surface area contributed by atoms with Crippen LogP contribution in [0.1, 0.15) is 5.56 Å². The molecule has 0 saturated heterocycles. The van der Waals surface area contributed by atoms with Crippen LogP contribution in [-0.4, -0.2) is 4.98 Å². The minimum atomic E-state index is 0.669. The molecule has 6 heteroatoms. The average Bonchev–Trinajstić information content (AvgIpc) is 2.33. The second-order valence-corrected chi connectivity index (χ2v) is 6.31. The number of nitrogens with one attached hydrogen (secondary N) is 1. The molecule has 0 aliphatic rings. The minimum absolute atomic E-state index is 0.669. The van der Waals surface area contributed by atoms with Gasteiger partial charge in [0.15, 0.2) is 0 Å². The zero-order chi connectivity index (χ0) is 13.3. The van der Waals surface area contributed by atoms with Gasteiger partial charge in [0.1, 0.15) is 5.82 Å². The molecule has 1 aromatic heterocycles. The van der Waals surface area contributed by atoms with Gasteiger partial charge in [-0.3, -0.25) is 0 Å². The van der Waals surface area contributed by atoms with Crippen molar-refractivity contribution < 1.29 is 0 Å². The second kappa shape index (κ2) is 5.59. The van der Waals surface area contributed by atoms with Gasteiger partial charge in [0.2, 0.25) is 0 Å². The summed E-state index contributed by atoms with van der Waals surface area (Å²) >= 11 is 10.4. The van der Waals surface area contributed by atoms with Gasteiger partial charge in [-0.15, -0.1) is 0 Å². The van der Waals surface area contributed by atoms with Crippen LogP contribution in [0.2, 0.25) is 0 Å². The number of hydrogen-bond donors (Lipinski definition) is 2. The Bertz CT molecular complexity index is 599. The van der Waals surface area contributed by atoms with Crippen LogP contribution in [0.3, 0.4) is 0 Å². The molecule has 0 saturated carbocycles. The highest BCUT2D eigenvalue weighted by atomic mass is 79.9. The third-order valence-electron chi connectivity index (χ3n) is 2.49. The van der Waals surface area contributed by atoms with E-state index in [-0.39, 0.29) is 0 Å². The smallest absolute Gasteiger partial charge is 0.145 e. The van der Waals surface area contributed by atoms with Crippen LogP contribution >= 0.6 is 47.8 Å². The van der Waals surface area contributed by atoms with Crippen molar-refractivity contribution in [2.45, 2.75) is 6.92 Å². The normalized spacial score (nSPS) is 10.4. The number of benzene rings is 1. The van der Waals surface area contributed by atoms with Gasteiger partial charge in [-0.2, -0.15) is 0 Å². The Kier molecular flexibility index (Phi) is 4.29. The summed E-state index contributed by atoms with van der Waals surface area (Å²) in [6.45, 7) is 1.95. The Labute approximate surface area is 131 Å². The summed E-state index contributed by atoms with van der Waals surface area (Å²) in [6, 6.07) is 5.90. The Morgan fingerprint density at radius 3 is 2.61 bits per heavy atom. The van der Waals surface area contributed by atoms with Crippen LogP contribution in [0.5, 0.6) is 0 Å². The maximum atomic E-state index is 5.80. The third-order valence-corrected chi connectivity index (χ3v) is 4.61. The van der Waals surface area contributed by atoms with E-state index >= 15 is 0 Å². The molecule has 18 heavy (non-hydrogen) atoms. The Morgan fingerprint density at radius 2 is 1.94 bits per heavy atom. The first-order valence-corrected chi connectivity index (χ1v) is 7.49. The molecule has 0 fully saturated rings. The number of anilines is 3. The van der Waals surface area contributed by atoms with Gasteiger partial charge in [-0.1, -0.05) is 15.9 Å². The Hall–Kier alpha value is -0.590. The van der Waals surface area contributed by atoms with Gasteiger partial charge in [-0.05, 0) is 62.5 Å². The van der Waals surface area contributed by atoms with E-state index in [4.69, 9.17) is 5.73 Å². The molecule has 0 bridgehead atoms. The lowest BCUT2D eigenvalue weighted by Crippen LogP contribution is -2.00. The highest BCUT2D eigenvalue weighted by molar-refractivity contribution is 9.11. The largest absolute Gasteiger partial charge is 0.397 e. The molecule has 1 heterocycles. The van der Waals surface area contributed by atoms with Gasteiger partial charge in [-0.25, -0.2) is 4.98 Å². The highest BCUT2D eigenvalue weighted by Gasteiger charge is 2.09. The van der Waals surface area contributed by atoms with Crippen molar-refractivity contribution in [3.05, 3.63) is 43.4 Å². The third kappa shape index (κ3) is 2.87. The summed E-state index contributed by atoms with van der Waals surface area (Å²) in [5, 5.41) is 3.25. The summed E-state index contributed by atoms with van der Waals surface area (Å²) in [5.41, 5.74) is 8.38. The summed E-state index contributed by atoms with van der Waals surface area (Å²) < 4.78 is 2.85. The van der Waals surface area contributed by atoms with E-state index in [1.807, 2.05) is 25.1 Å². The van der Waals surface area contributed by atoms with Crippen molar-refractivity contribution >= 4 is 65.0 Å². The van der Waals surface area contributed by atoms with Gasteiger partial charge in [0.05, 0.1) is 22.0 Å². The van der Waals surface area contributed by atoms with E-state index in [0.29, 0.717) is 5.69 Å². The maximum absolute atomic E-state index is 5.80. The summed E-state index contributed by atoms with van der Waals surface area (Å²) in [6.07, 6.45) is 1.65. The number of hydrogen-bond acceptors (Lipinski definition) is 3. The van der Waals surface area contributed by atoms with E-state index < -0.39 is 0 Å². The monoisotopic (exact) mass is 433 g/mol. The molecular formula is C12H10Br3N3. The zero-order valence-electron chi connectivity index (χ0n) is 9.47. The predicted octanol–water partition coefficient (Wildman–Crippen LogP) is 5.00.